The first-order valence-electron chi connectivity index (χ1n) is 25.9. The van der Waals surface area contributed by atoms with Crippen LogP contribution in [-0.2, 0) is 53.5 Å². The minimum atomic E-state index is -2.59. The summed E-state index contributed by atoms with van der Waals surface area (Å²) in [4.78, 5) is 0. The average molecular weight is 1250 g/mol. The molecule has 0 amide bonds. The fourth-order valence-electron chi connectivity index (χ4n) is 10.3. The summed E-state index contributed by atoms with van der Waals surface area (Å²) in [5, 5.41) is 0. The Labute approximate surface area is 441 Å². The molecule has 0 radical (unpaired) electrons. The van der Waals surface area contributed by atoms with Crippen LogP contribution in [0.1, 0.15) is 0 Å². The Hall–Kier alpha value is 3.17. The van der Waals surface area contributed by atoms with Gasteiger partial charge in [0, 0.05) is 0 Å². The van der Waals surface area contributed by atoms with E-state index in [1.165, 1.54) is 0 Å². The molecule has 0 saturated carbocycles. The smallest absolute Gasteiger partial charge is 0.317 e. The highest BCUT2D eigenvalue weighted by Crippen LogP contribution is 2.42. The van der Waals surface area contributed by atoms with Crippen molar-refractivity contribution in [3.05, 3.63) is 0 Å². The van der Waals surface area contributed by atoms with E-state index < -0.39 is 146 Å². The van der Waals surface area contributed by atoms with Crippen molar-refractivity contribution < 1.29 is 53.5 Å². The van der Waals surface area contributed by atoms with E-state index in [1.54, 1.807) is 0 Å². The molecule has 0 spiro atoms. The minimum Gasteiger partial charge on any atom is -0.458 e. The topological polar surface area (TPSA) is 120 Å². The Bertz CT molecular complexity index is 1410. The van der Waals surface area contributed by atoms with Gasteiger partial charge in [-0.15, -0.1) is 0 Å². The number of hydrogen-bond acceptors (Lipinski definition) is 13. The summed E-state index contributed by atoms with van der Waals surface area (Å²) in [5.74, 6) is 0. The molecule has 0 unspecified atom stereocenters. The lowest BCUT2D eigenvalue weighted by molar-refractivity contribution is 0.223. The molecule has 0 atom stereocenters. The van der Waals surface area contributed by atoms with Crippen LogP contribution < -0.4 is 0 Å². The number of rotatable bonds is 26. The maximum absolute atomic E-state index is 7.24. The van der Waals surface area contributed by atoms with E-state index in [4.69, 9.17) is 53.5 Å². The van der Waals surface area contributed by atoms with Gasteiger partial charge in [0.1, 0.15) is 0 Å². The van der Waals surface area contributed by atoms with Crippen LogP contribution >= 0.6 is 0 Å². The van der Waals surface area contributed by atoms with Crippen LogP contribution in [0.4, 0.5) is 0 Å². The first-order chi connectivity index (χ1) is 29.9. The van der Waals surface area contributed by atoms with Crippen LogP contribution in [0.25, 0.3) is 0 Å². The third-order valence-corrected chi connectivity index (χ3v) is 74.7. The molecule has 2 fully saturated rings. The van der Waals surface area contributed by atoms with Crippen molar-refractivity contribution in [2.24, 2.45) is 0 Å². The van der Waals surface area contributed by atoms with Crippen LogP contribution in [0.15, 0.2) is 0 Å². The van der Waals surface area contributed by atoms with E-state index in [1.807, 2.05) is 0 Å². The second-order valence-corrected chi connectivity index (χ2v) is 86.8. The Morgan fingerprint density at radius 1 is 0.294 bits per heavy atom. The molecule has 13 nitrogen and oxygen atoms in total. The molecule has 0 aliphatic carbocycles. The van der Waals surface area contributed by atoms with Crippen LogP contribution in [0.5, 0.6) is 0 Å². The highest BCUT2D eigenvalue weighted by Gasteiger charge is 2.58. The van der Waals surface area contributed by atoms with Crippen molar-refractivity contribution >= 4 is 146 Å². The zero-order valence-corrected chi connectivity index (χ0v) is 67.4. The van der Waals surface area contributed by atoms with Gasteiger partial charge in [-0.1, -0.05) is 0 Å². The van der Waals surface area contributed by atoms with Crippen LogP contribution in [0, 0.1) is 0 Å². The molecule has 2 aliphatic rings. The van der Waals surface area contributed by atoms with Crippen molar-refractivity contribution in [3.63, 3.8) is 0 Å². The largest absolute Gasteiger partial charge is 0.458 e. The summed E-state index contributed by atoms with van der Waals surface area (Å²) >= 11 is 0. The third kappa shape index (κ3) is 29.1. The average Bonchev–Trinajstić information content (AvgIpc) is 2.99. The lowest BCUT2D eigenvalue weighted by atomic mass is 10.9. The van der Waals surface area contributed by atoms with Gasteiger partial charge in [-0.05, 0) is 245 Å². The van der Waals surface area contributed by atoms with Gasteiger partial charge < -0.3 is 53.5 Å². The van der Waals surface area contributed by atoms with Crippen molar-refractivity contribution in [3.8, 4) is 0 Å². The Morgan fingerprint density at radius 3 is 0.721 bits per heavy atom. The van der Waals surface area contributed by atoms with E-state index >= 15 is 0 Å². The van der Waals surface area contributed by atoms with Gasteiger partial charge in [-0.2, -0.15) is 0 Å². The van der Waals surface area contributed by atoms with Gasteiger partial charge in [0.05, 0.1) is 0 Å². The zero-order valence-electron chi connectivity index (χ0n) is 49.8. The first kappa shape index (κ1) is 69.2. The van der Waals surface area contributed by atoms with Crippen molar-refractivity contribution in [1.82, 2.24) is 0 Å². The molecule has 0 bridgehead atoms. The van der Waals surface area contributed by atoms with Crippen molar-refractivity contribution in [2.75, 3.05) is 0 Å². The van der Waals surface area contributed by atoms with Crippen LogP contribution in [0.2, 0.25) is 245 Å². The highest BCUT2D eigenvalue weighted by atomic mass is 28.5. The Morgan fingerprint density at radius 2 is 0.500 bits per heavy atom. The first-order valence-corrected chi connectivity index (χ1v) is 73.6. The quantitative estimate of drug-likeness (QED) is 0.0765. The van der Waals surface area contributed by atoms with E-state index in [-0.39, 0.29) is 0 Å². The molecule has 68 heavy (non-hydrogen) atoms. The van der Waals surface area contributed by atoms with Gasteiger partial charge >= 0.3 is 77.0 Å². The maximum atomic E-state index is 7.24. The van der Waals surface area contributed by atoms with Gasteiger partial charge in [-0.3, -0.25) is 0 Å². The monoisotopic (exact) mass is 1250 g/mol. The SMILES string of the molecule is C[SiH](C)O[Si](C)(C)CC[Si]1(C)O[Si](C)(C)O[Si](C)(C)O1.C[SiH](C)O[Si](C)(C)O[Si](C)(C)CC[Si]1(C)O[Si](C)(CC[Si](C)(C)O[Si](C)(C)O[SiH](C)C)O[Si](C)(CC[Si](C)(C)O[Si](C)(C)O[SiH](C)C)O1. The second kappa shape index (κ2) is 25.8. The zero-order chi connectivity index (χ0) is 53.7. The predicted molar refractivity (Wildman–Crippen MR) is 332 cm³/mol. The summed E-state index contributed by atoms with van der Waals surface area (Å²) in [6.45, 7) is 67.6. The second-order valence-electron chi connectivity index (χ2n) is 26.2. The number of hydrogen-bond donors (Lipinski definition) is 0. The van der Waals surface area contributed by atoms with E-state index in [0.29, 0.717) is 0 Å². The van der Waals surface area contributed by atoms with E-state index in [2.05, 4.69) is 196 Å². The summed E-state index contributed by atoms with van der Waals surface area (Å²) in [5.41, 5.74) is 0. The fraction of sp³-hybridized carbons (Fsp3) is 1.00. The normalized spacial score (nSPS) is 25.3. The molecule has 0 N–H and O–H groups in total. The predicted octanol–water partition coefficient (Wildman–Crippen LogP) is 12.8. The fourth-order valence-corrected chi connectivity index (χ4v) is 96.0. The molecule has 2 rings (SSSR count). The van der Waals surface area contributed by atoms with Crippen molar-refractivity contribution in [1.29, 1.82) is 0 Å². The molecule has 408 valence electrons. The summed E-state index contributed by atoms with van der Waals surface area (Å²) in [6, 6.07) is 7.98. The summed E-state index contributed by atoms with van der Waals surface area (Å²) in [7, 11) is -32.5. The molecule has 2 aliphatic heterocycles. The van der Waals surface area contributed by atoms with Gasteiger partial charge in [-0.25, -0.2) is 0 Å². The van der Waals surface area contributed by atoms with Gasteiger partial charge in [0.2, 0.25) is 0 Å². The van der Waals surface area contributed by atoms with E-state index in [0.717, 1.165) is 48.4 Å². The molecular weight excluding hydrogens is 1140 g/mol. The van der Waals surface area contributed by atoms with Gasteiger partial charge in [0.15, 0.2) is 69.4 Å². The molecule has 0 aromatic rings. The van der Waals surface area contributed by atoms with E-state index in [9.17, 15) is 0 Å². The molecule has 30 heteroatoms. The highest BCUT2D eigenvalue weighted by molar-refractivity contribution is 6.96. The Kier molecular flexibility index (Phi) is 26.2. The molecule has 2 saturated heterocycles. The lowest BCUT2D eigenvalue weighted by Gasteiger charge is -2.52. The molecular formula is C38H110O13Si17. The molecule has 2 heterocycles. The standard InChI is InChI=1S/C27H78O9Si12.C11H32O4Si5/c1-37(2)28-43(13,14)31-40(7,8)22-25-46(19)34-47(20,26-23-41(9,10)32-44(15,16)29-38(3)4)36-48(21,35-46)27-24-42(11,12)33-45(17,18)30-39(5)6;1-16(2)12-17(3,4)10-11-20(9)14-18(5,6)13-19(7,8)15-20/h37-39H,22-27H2,1-21H3;16H,10-11H2,1-9H3. The third-order valence-electron chi connectivity index (χ3n) is 11.1. The lowest BCUT2D eigenvalue weighted by Crippen LogP contribution is -2.68. The van der Waals surface area contributed by atoms with Crippen LogP contribution in [-0.4, -0.2) is 146 Å². The Balaban J connectivity index is 0.000000958. The minimum absolute atomic E-state index is 0.929. The maximum Gasteiger partial charge on any atom is 0.317 e. The summed E-state index contributed by atoms with van der Waals surface area (Å²) in [6.07, 6.45) is 0. The summed E-state index contributed by atoms with van der Waals surface area (Å²) < 4.78 is 86.6. The van der Waals surface area contributed by atoms with Crippen LogP contribution in [0.3, 0.4) is 0 Å². The molecule has 0 aromatic carbocycles. The van der Waals surface area contributed by atoms with Gasteiger partial charge in [0.25, 0.3) is 0 Å². The van der Waals surface area contributed by atoms with Crippen molar-refractivity contribution in [2.45, 2.75) is 245 Å². The molecule has 0 aromatic heterocycles.